The standard InChI is InChI=1S/C15H12ClN3O/c1-9-2-4-10(5-3-9)14(17)19-15-18-12-8-11(16)6-7-13(12)20-15/h2-8H,1H3,(H2,17,18,19). The predicted octanol–water partition coefficient (Wildman–Crippen LogP) is 3.83. The van der Waals surface area contributed by atoms with Gasteiger partial charge in [0.1, 0.15) is 11.4 Å². The van der Waals surface area contributed by atoms with Crippen molar-refractivity contribution in [3.63, 3.8) is 0 Å². The Morgan fingerprint density at radius 3 is 2.70 bits per heavy atom. The lowest BCUT2D eigenvalue weighted by Gasteiger charge is -1.99. The van der Waals surface area contributed by atoms with Gasteiger partial charge in [0.15, 0.2) is 5.58 Å². The van der Waals surface area contributed by atoms with E-state index in [-0.39, 0.29) is 6.01 Å². The van der Waals surface area contributed by atoms with Crippen LogP contribution >= 0.6 is 11.6 Å². The summed E-state index contributed by atoms with van der Waals surface area (Å²) in [4.78, 5) is 8.44. The molecule has 2 aromatic carbocycles. The van der Waals surface area contributed by atoms with Crippen molar-refractivity contribution < 1.29 is 4.42 Å². The van der Waals surface area contributed by atoms with E-state index in [1.165, 1.54) is 0 Å². The van der Waals surface area contributed by atoms with E-state index in [0.717, 1.165) is 11.1 Å². The molecule has 4 nitrogen and oxygen atoms in total. The first-order valence-corrected chi connectivity index (χ1v) is 6.47. The molecule has 0 amide bonds. The fourth-order valence-corrected chi connectivity index (χ4v) is 1.99. The van der Waals surface area contributed by atoms with Gasteiger partial charge in [0.05, 0.1) is 0 Å². The fourth-order valence-electron chi connectivity index (χ4n) is 1.83. The highest BCUT2D eigenvalue weighted by Crippen LogP contribution is 2.24. The molecule has 5 heteroatoms. The molecule has 0 aliphatic carbocycles. The number of aryl methyl sites for hydroxylation is 1. The second-order valence-corrected chi connectivity index (χ2v) is 4.91. The maximum Gasteiger partial charge on any atom is 0.324 e. The summed E-state index contributed by atoms with van der Waals surface area (Å²) in [6.45, 7) is 2.02. The van der Waals surface area contributed by atoms with Gasteiger partial charge in [-0.3, -0.25) is 0 Å². The molecule has 1 aromatic heterocycles. The van der Waals surface area contributed by atoms with E-state index < -0.39 is 0 Å². The molecule has 2 N–H and O–H groups in total. The number of benzene rings is 2. The van der Waals surface area contributed by atoms with E-state index in [4.69, 9.17) is 21.8 Å². The van der Waals surface area contributed by atoms with E-state index in [1.807, 2.05) is 31.2 Å². The number of aromatic nitrogens is 1. The summed E-state index contributed by atoms with van der Waals surface area (Å²) >= 11 is 5.90. The molecule has 3 aromatic rings. The van der Waals surface area contributed by atoms with Crippen LogP contribution in [0.25, 0.3) is 11.1 Å². The van der Waals surface area contributed by atoms with E-state index in [0.29, 0.717) is 22.0 Å². The Kier molecular flexibility index (Phi) is 3.16. The lowest BCUT2D eigenvalue weighted by molar-refractivity contribution is 0.613. The zero-order valence-electron chi connectivity index (χ0n) is 10.8. The smallest absolute Gasteiger partial charge is 0.324 e. The first kappa shape index (κ1) is 12.7. The van der Waals surface area contributed by atoms with Gasteiger partial charge < -0.3 is 10.2 Å². The Balaban J connectivity index is 1.98. The minimum absolute atomic E-state index is 0.223. The molecule has 1 heterocycles. The Morgan fingerprint density at radius 2 is 1.95 bits per heavy atom. The second-order valence-electron chi connectivity index (χ2n) is 4.47. The Labute approximate surface area is 120 Å². The zero-order chi connectivity index (χ0) is 14.1. The number of nitrogens with zero attached hydrogens (tertiary/aromatic N) is 2. The lowest BCUT2D eigenvalue weighted by atomic mass is 10.1. The van der Waals surface area contributed by atoms with Gasteiger partial charge in [-0.1, -0.05) is 41.4 Å². The maximum absolute atomic E-state index is 5.95. The van der Waals surface area contributed by atoms with Gasteiger partial charge in [0, 0.05) is 10.6 Å². The van der Waals surface area contributed by atoms with E-state index in [9.17, 15) is 0 Å². The number of fused-ring (bicyclic) bond motifs is 1. The molecule has 0 saturated carbocycles. The molecule has 0 aliphatic rings. The van der Waals surface area contributed by atoms with Crippen molar-refractivity contribution in [1.29, 1.82) is 0 Å². The minimum Gasteiger partial charge on any atom is -0.422 e. The van der Waals surface area contributed by atoms with Crippen molar-refractivity contribution in [2.45, 2.75) is 6.92 Å². The van der Waals surface area contributed by atoms with Crippen molar-refractivity contribution in [3.8, 4) is 0 Å². The summed E-state index contributed by atoms with van der Waals surface area (Å²) in [6.07, 6.45) is 0. The lowest BCUT2D eigenvalue weighted by Crippen LogP contribution is -2.12. The number of oxazole rings is 1. The highest BCUT2D eigenvalue weighted by Gasteiger charge is 2.06. The number of nitrogens with two attached hydrogens (primary N) is 1. The highest BCUT2D eigenvalue weighted by atomic mass is 35.5. The van der Waals surface area contributed by atoms with E-state index in [1.54, 1.807) is 18.2 Å². The molecule has 0 bridgehead atoms. The number of amidine groups is 1. The molecule has 0 radical (unpaired) electrons. The monoisotopic (exact) mass is 285 g/mol. The van der Waals surface area contributed by atoms with Crippen LogP contribution in [0.15, 0.2) is 51.9 Å². The molecule has 0 fully saturated rings. The molecule has 0 unspecified atom stereocenters. The molecule has 0 spiro atoms. The first-order chi connectivity index (χ1) is 9.61. The Bertz CT molecular complexity index is 790. The van der Waals surface area contributed by atoms with Crippen LogP contribution in [0.2, 0.25) is 5.02 Å². The SMILES string of the molecule is Cc1ccc(/C(N)=N/c2nc3cc(Cl)ccc3o2)cc1. The molecular weight excluding hydrogens is 274 g/mol. The van der Waals surface area contributed by atoms with E-state index >= 15 is 0 Å². The summed E-state index contributed by atoms with van der Waals surface area (Å²) in [5.74, 6) is 0.364. The topological polar surface area (TPSA) is 64.4 Å². The number of hydrogen-bond donors (Lipinski definition) is 1. The Hall–Kier alpha value is -2.33. The van der Waals surface area contributed by atoms with Crippen molar-refractivity contribution in [3.05, 3.63) is 58.6 Å². The quantitative estimate of drug-likeness (QED) is 0.575. The molecule has 0 atom stereocenters. The normalized spacial score (nSPS) is 12.0. The van der Waals surface area contributed by atoms with Gasteiger partial charge in [-0.05, 0) is 25.1 Å². The number of aliphatic imine (C=N–C) groups is 1. The summed E-state index contributed by atoms with van der Waals surface area (Å²) in [5.41, 5.74) is 9.24. The third-order valence-corrected chi connectivity index (χ3v) is 3.14. The third kappa shape index (κ3) is 2.51. The molecule has 100 valence electrons. The largest absolute Gasteiger partial charge is 0.422 e. The average molecular weight is 286 g/mol. The Morgan fingerprint density at radius 1 is 1.20 bits per heavy atom. The molecule has 20 heavy (non-hydrogen) atoms. The summed E-state index contributed by atoms with van der Waals surface area (Å²) in [6, 6.07) is 13.2. The second kappa shape index (κ2) is 4.98. The first-order valence-electron chi connectivity index (χ1n) is 6.09. The van der Waals surface area contributed by atoms with Crippen molar-refractivity contribution in [1.82, 2.24) is 4.98 Å². The molecule has 0 aliphatic heterocycles. The van der Waals surface area contributed by atoms with E-state index in [2.05, 4.69) is 9.98 Å². The zero-order valence-corrected chi connectivity index (χ0v) is 11.6. The molecular formula is C15H12ClN3O. The van der Waals surface area contributed by atoms with Crippen molar-refractivity contribution in [2.75, 3.05) is 0 Å². The molecule has 3 rings (SSSR count). The fraction of sp³-hybridized carbons (Fsp3) is 0.0667. The maximum atomic E-state index is 5.95. The van der Waals surface area contributed by atoms with Crippen LogP contribution in [-0.2, 0) is 0 Å². The van der Waals surface area contributed by atoms with Gasteiger partial charge in [-0.2, -0.15) is 9.98 Å². The summed E-state index contributed by atoms with van der Waals surface area (Å²) in [5, 5.41) is 0.604. The number of halogens is 1. The van der Waals surface area contributed by atoms with Crippen LogP contribution in [0, 0.1) is 6.92 Å². The third-order valence-electron chi connectivity index (χ3n) is 2.90. The molecule has 0 saturated heterocycles. The van der Waals surface area contributed by atoms with Crippen LogP contribution < -0.4 is 5.73 Å². The highest BCUT2D eigenvalue weighted by molar-refractivity contribution is 6.31. The number of hydrogen-bond acceptors (Lipinski definition) is 3. The van der Waals surface area contributed by atoms with Gasteiger partial charge >= 0.3 is 6.01 Å². The van der Waals surface area contributed by atoms with Crippen LogP contribution in [0.4, 0.5) is 6.01 Å². The van der Waals surface area contributed by atoms with Crippen LogP contribution in [0.3, 0.4) is 0 Å². The average Bonchev–Trinajstić information content (AvgIpc) is 2.80. The van der Waals surface area contributed by atoms with Crippen LogP contribution in [0.5, 0.6) is 0 Å². The van der Waals surface area contributed by atoms with Crippen LogP contribution in [-0.4, -0.2) is 10.8 Å². The van der Waals surface area contributed by atoms with Gasteiger partial charge in [0.25, 0.3) is 0 Å². The van der Waals surface area contributed by atoms with Crippen molar-refractivity contribution in [2.24, 2.45) is 10.7 Å². The number of rotatable bonds is 2. The van der Waals surface area contributed by atoms with Gasteiger partial charge in [-0.25, -0.2) is 0 Å². The summed E-state index contributed by atoms with van der Waals surface area (Å²) < 4.78 is 5.50. The van der Waals surface area contributed by atoms with Gasteiger partial charge in [0.2, 0.25) is 0 Å². The van der Waals surface area contributed by atoms with Crippen LogP contribution in [0.1, 0.15) is 11.1 Å². The summed E-state index contributed by atoms with van der Waals surface area (Å²) in [7, 11) is 0. The predicted molar refractivity (Wildman–Crippen MR) is 80.6 cm³/mol. The van der Waals surface area contributed by atoms with Crippen molar-refractivity contribution >= 4 is 34.6 Å². The minimum atomic E-state index is 0.223. The van der Waals surface area contributed by atoms with Gasteiger partial charge in [-0.15, -0.1) is 0 Å².